The van der Waals surface area contributed by atoms with Crippen LogP contribution in [0.3, 0.4) is 0 Å². The Morgan fingerprint density at radius 1 is 1.83 bits per heavy atom. The van der Waals surface area contributed by atoms with Crippen molar-refractivity contribution in [2.24, 2.45) is 0 Å². The molecule has 0 aromatic heterocycles. The summed E-state index contributed by atoms with van der Waals surface area (Å²) in [4.78, 5) is 0. The fourth-order valence-electron chi connectivity index (χ4n) is 0.493. The summed E-state index contributed by atoms with van der Waals surface area (Å²) in [5.74, 6) is 0. The quantitative estimate of drug-likeness (QED) is 0.417. The molecular formula is C4H9NO. The molecule has 6 heavy (non-hydrogen) atoms. The molecule has 0 aromatic carbocycles. The molecule has 1 heterocycles. The van der Waals surface area contributed by atoms with Gasteiger partial charge in [0.25, 0.3) is 0 Å². The molecule has 1 aliphatic rings. The van der Waals surface area contributed by atoms with Gasteiger partial charge in [-0.2, -0.15) is 0 Å². The minimum atomic E-state index is 0.293. The molecule has 0 unspecified atom stereocenters. The van der Waals surface area contributed by atoms with Crippen molar-refractivity contribution in [2.75, 3.05) is 6.61 Å². The number of hydrogen-bond acceptors (Lipinski definition) is 2. The molecule has 1 saturated heterocycles. The molecule has 0 spiro atoms. The van der Waals surface area contributed by atoms with Crippen LogP contribution in [-0.2, 0) is 0 Å². The Kier molecular flexibility index (Phi) is 0.821. The van der Waals surface area contributed by atoms with E-state index in [2.05, 4.69) is 12.2 Å². The minimum Gasteiger partial charge on any atom is -0.395 e. The van der Waals surface area contributed by atoms with Gasteiger partial charge in [-0.05, 0) is 6.92 Å². The number of rotatable bonds is 1. The van der Waals surface area contributed by atoms with Gasteiger partial charge in [0.1, 0.15) is 0 Å². The van der Waals surface area contributed by atoms with Crippen molar-refractivity contribution in [2.45, 2.75) is 19.0 Å². The minimum absolute atomic E-state index is 0.293. The van der Waals surface area contributed by atoms with Crippen molar-refractivity contribution in [3.05, 3.63) is 0 Å². The highest BCUT2D eigenvalue weighted by molar-refractivity contribution is 4.93. The Morgan fingerprint density at radius 3 is 2.33 bits per heavy atom. The molecule has 1 rings (SSSR count). The number of hydrogen-bond donors (Lipinski definition) is 2. The third-order valence-electron chi connectivity index (χ3n) is 1.17. The smallest absolute Gasteiger partial charge is 0.0599 e. The summed E-state index contributed by atoms with van der Waals surface area (Å²) in [6, 6.07) is 0.972. The molecule has 0 aliphatic carbocycles. The van der Waals surface area contributed by atoms with E-state index in [1.54, 1.807) is 0 Å². The van der Waals surface area contributed by atoms with E-state index in [1.165, 1.54) is 0 Å². The topological polar surface area (TPSA) is 42.2 Å². The first-order valence-corrected chi connectivity index (χ1v) is 2.21. The Bertz CT molecular complexity index is 53.5. The molecule has 0 radical (unpaired) electrons. The van der Waals surface area contributed by atoms with E-state index in [1.807, 2.05) is 0 Å². The second kappa shape index (κ2) is 1.21. The zero-order valence-electron chi connectivity index (χ0n) is 3.81. The molecule has 1 fully saturated rings. The fraction of sp³-hybridized carbons (Fsp3) is 1.00. The van der Waals surface area contributed by atoms with Crippen LogP contribution < -0.4 is 5.32 Å². The summed E-state index contributed by atoms with van der Waals surface area (Å²) < 4.78 is 0. The lowest BCUT2D eigenvalue weighted by Crippen LogP contribution is -1.96. The monoisotopic (exact) mass is 87.1 g/mol. The molecular weight excluding hydrogens is 78.0 g/mol. The Morgan fingerprint density at radius 2 is 2.33 bits per heavy atom. The van der Waals surface area contributed by atoms with E-state index in [4.69, 9.17) is 5.11 Å². The highest BCUT2D eigenvalue weighted by Crippen LogP contribution is 2.06. The molecule has 2 heteroatoms. The lowest BCUT2D eigenvalue weighted by Gasteiger charge is -1.76. The van der Waals surface area contributed by atoms with Crippen LogP contribution in [0.2, 0.25) is 0 Å². The summed E-state index contributed by atoms with van der Waals surface area (Å²) in [7, 11) is 0. The van der Waals surface area contributed by atoms with Gasteiger partial charge in [-0.25, -0.2) is 0 Å². The summed E-state index contributed by atoms with van der Waals surface area (Å²) in [5.41, 5.74) is 0. The molecule has 1 aliphatic heterocycles. The maximum atomic E-state index is 8.31. The third-order valence-corrected chi connectivity index (χ3v) is 1.17. The SMILES string of the molecule is C[C@@H]1N[C@H]1CO. The van der Waals surface area contributed by atoms with Crippen LogP contribution >= 0.6 is 0 Å². The highest BCUT2D eigenvalue weighted by Gasteiger charge is 2.29. The van der Waals surface area contributed by atoms with Crippen molar-refractivity contribution in [1.82, 2.24) is 5.32 Å². The molecule has 0 amide bonds. The van der Waals surface area contributed by atoms with Gasteiger partial charge in [-0.1, -0.05) is 0 Å². The lowest BCUT2D eigenvalue weighted by molar-refractivity contribution is 0.295. The first-order valence-electron chi connectivity index (χ1n) is 2.21. The number of aliphatic hydroxyl groups is 1. The van der Waals surface area contributed by atoms with Crippen molar-refractivity contribution in [3.8, 4) is 0 Å². The predicted octanol–water partition coefficient (Wildman–Crippen LogP) is -0.661. The van der Waals surface area contributed by atoms with Crippen LogP contribution in [-0.4, -0.2) is 23.8 Å². The van der Waals surface area contributed by atoms with Gasteiger partial charge in [0.2, 0.25) is 0 Å². The van der Waals surface area contributed by atoms with E-state index in [9.17, 15) is 0 Å². The van der Waals surface area contributed by atoms with Crippen molar-refractivity contribution >= 4 is 0 Å². The van der Waals surface area contributed by atoms with E-state index >= 15 is 0 Å². The molecule has 0 bridgehead atoms. The second-order valence-corrected chi connectivity index (χ2v) is 1.74. The predicted molar refractivity (Wildman–Crippen MR) is 23.5 cm³/mol. The first kappa shape index (κ1) is 4.09. The van der Waals surface area contributed by atoms with Gasteiger partial charge < -0.3 is 10.4 Å². The largest absolute Gasteiger partial charge is 0.395 e. The lowest BCUT2D eigenvalue weighted by atomic mass is 10.4. The Hall–Kier alpha value is -0.0800. The summed E-state index contributed by atoms with van der Waals surface area (Å²) in [5, 5.41) is 11.3. The Balaban J connectivity index is 2.09. The van der Waals surface area contributed by atoms with Crippen LogP contribution in [0.5, 0.6) is 0 Å². The molecule has 2 nitrogen and oxygen atoms in total. The van der Waals surface area contributed by atoms with Crippen LogP contribution in [0, 0.1) is 0 Å². The van der Waals surface area contributed by atoms with Gasteiger partial charge in [-0.15, -0.1) is 0 Å². The summed E-state index contributed by atoms with van der Waals surface area (Å²) in [6.45, 7) is 2.35. The van der Waals surface area contributed by atoms with Crippen LogP contribution in [0.4, 0.5) is 0 Å². The maximum absolute atomic E-state index is 8.31. The number of nitrogens with one attached hydrogen (secondary N) is 1. The van der Waals surface area contributed by atoms with Crippen LogP contribution in [0.1, 0.15) is 6.92 Å². The highest BCUT2D eigenvalue weighted by atomic mass is 16.3. The maximum Gasteiger partial charge on any atom is 0.0599 e. The summed E-state index contributed by atoms with van der Waals surface area (Å²) in [6.07, 6.45) is 0. The van der Waals surface area contributed by atoms with E-state index in [0.717, 1.165) is 0 Å². The molecule has 0 aromatic rings. The van der Waals surface area contributed by atoms with Gasteiger partial charge in [0.05, 0.1) is 6.61 Å². The molecule has 2 N–H and O–H groups in total. The van der Waals surface area contributed by atoms with E-state index in [0.29, 0.717) is 18.7 Å². The normalized spacial score (nSPS) is 43.0. The average Bonchev–Trinajstić information content (AvgIpc) is 2.19. The average molecular weight is 87.1 g/mol. The van der Waals surface area contributed by atoms with Crippen molar-refractivity contribution in [3.63, 3.8) is 0 Å². The Labute approximate surface area is 37.2 Å². The zero-order chi connectivity index (χ0) is 4.57. The van der Waals surface area contributed by atoms with Crippen molar-refractivity contribution in [1.29, 1.82) is 0 Å². The van der Waals surface area contributed by atoms with Gasteiger partial charge >= 0.3 is 0 Å². The van der Waals surface area contributed by atoms with Crippen LogP contribution in [0.25, 0.3) is 0 Å². The van der Waals surface area contributed by atoms with Gasteiger partial charge in [-0.3, -0.25) is 0 Å². The molecule has 36 valence electrons. The molecule has 2 atom stereocenters. The first-order chi connectivity index (χ1) is 2.84. The summed E-state index contributed by atoms with van der Waals surface area (Å²) >= 11 is 0. The van der Waals surface area contributed by atoms with Crippen molar-refractivity contribution < 1.29 is 5.11 Å². The van der Waals surface area contributed by atoms with Crippen LogP contribution in [0.15, 0.2) is 0 Å². The van der Waals surface area contributed by atoms with E-state index < -0.39 is 0 Å². The van der Waals surface area contributed by atoms with E-state index in [-0.39, 0.29) is 0 Å². The zero-order valence-corrected chi connectivity index (χ0v) is 3.81. The van der Waals surface area contributed by atoms with Gasteiger partial charge in [0, 0.05) is 12.1 Å². The standard InChI is InChI=1S/C4H9NO/c1-3-4(2-6)5-3/h3-6H,2H2,1H3/t3-,4-/m0/s1. The fourth-order valence-corrected chi connectivity index (χ4v) is 0.493. The van der Waals surface area contributed by atoms with Gasteiger partial charge in [0.15, 0.2) is 0 Å². The molecule has 0 saturated carbocycles. The third kappa shape index (κ3) is 0.533. The second-order valence-electron chi connectivity index (χ2n) is 1.74. The number of aliphatic hydroxyl groups excluding tert-OH is 1.